The average molecular weight is 181 g/mol. The Morgan fingerprint density at radius 3 is 2.69 bits per heavy atom. The lowest BCUT2D eigenvalue weighted by molar-refractivity contribution is 0.0599. The fourth-order valence-corrected chi connectivity index (χ4v) is 0.942. The van der Waals surface area contributed by atoms with Crippen LogP contribution >= 0.6 is 0 Å². The molecule has 1 aromatic heterocycles. The Bertz CT molecular complexity index is 323. The van der Waals surface area contributed by atoms with Crippen molar-refractivity contribution in [2.45, 2.75) is 6.92 Å². The van der Waals surface area contributed by atoms with Gasteiger partial charge >= 0.3 is 5.97 Å². The van der Waals surface area contributed by atoms with Crippen molar-refractivity contribution >= 4 is 5.97 Å². The van der Waals surface area contributed by atoms with Gasteiger partial charge in [0.05, 0.1) is 31.7 Å². The Kier molecular flexibility index (Phi) is 2.84. The molecule has 70 valence electrons. The molecule has 0 spiro atoms. The third-order valence-corrected chi connectivity index (χ3v) is 1.70. The molecule has 1 aromatic rings. The van der Waals surface area contributed by atoms with Crippen LogP contribution in [0.3, 0.4) is 0 Å². The molecular weight excluding hydrogens is 170 g/mol. The Morgan fingerprint density at radius 2 is 2.15 bits per heavy atom. The van der Waals surface area contributed by atoms with Crippen LogP contribution in [0.25, 0.3) is 0 Å². The van der Waals surface area contributed by atoms with Gasteiger partial charge in [0.2, 0.25) is 0 Å². The fourth-order valence-electron chi connectivity index (χ4n) is 0.942. The van der Waals surface area contributed by atoms with Crippen LogP contribution in [0.1, 0.15) is 16.1 Å². The highest BCUT2D eigenvalue weighted by molar-refractivity contribution is 5.90. The Balaban J connectivity index is 3.11. The summed E-state index contributed by atoms with van der Waals surface area (Å²) in [6, 6.07) is 1.61. The van der Waals surface area contributed by atoms with E-state index in [1.54, 1.807) is 19.2 Å². The third kappa shape index (κ3) is 1.96. The van der Waals surface area contributed by atoms with Gasteiger partial charge in [0.15, 0.2) is 0 Å². The molecule has 1 rings (SSSR count). The lowest BCUT2D eigenvalue weighted by Crippen LogP contribution is -2.05. The second kappa shape index (κ2) is 3.89. The molecule has 0 atom stereocenters. The number of aromatic nitrogens is 1. The highest BCUT2D eigenvalue weighted by atomic mass is 16.5. The van der Waals surface area contributed by atoms with Crippen molar-refractivity contribution in [3.63, 3.8) is 0 Å². The van der Waals surface area contributed by atoms with Crippen LogP contribution in [0, 0.1) is 6.92 Å². The van der Waals surface area contributed by atoms with Gasteiger partial charge in [0.1, 0.15) is 5.75 Å². The molecule has 0 bridgehead atoms. The van der Waals surface area contributed by atoms with E-state index in [1.165, 1.54) is 14.2 Å². The molecule has 0 radical (unpaired) electrons. The topological polar surface area (TPSA) is 48.4 Å². The van der Waals surface area contributed by atoms with Crippen molar-refractivity contribution in [2.75, 3.05) is 14.2 Å². The van der Waals surface area contributed by atoms with Gasteiger partial charge in [-0.3, -0.25) is 4.98 Å². The fraction of sp³-hybridized carbons (Fsp3) is 0.333. The maximum absolute atomic E-state index is 11.2. The molecule has 4 nitrogen and oxygen atoms in total. The molecule has 13 heavy (non-hydrogen) atoms. The monoisotopic (exact) mass is 181 g/mol. The summed E-state index contributed by atoms with van der Waals surface area (Å²) in [5.74, 6) is 0.148. The molecule has 0 aliphatic carbocycles. The first kappa shape index (κ1) is 9.51. The summed E-state index contributed by atoms with van der Waals surface area (Å²) in [7, 11) is 2.86. The Morgan fingerprint density at radius 1 is 1.46 bits per heavy atom. The number of methoxy groups -OCH3 is 2. The van der Waals surface area contributed by atoms with Crippen LogP contribution in [0.15, 0.2) is 12.3 Å². The summed E-state index contributed by atoms with van der Waals surface area (Å²) in [5.41, 5.74) is 1.06. The summed E-state index contributed by atoms with van der Waals surface area (Å²) in [6.45, 7) is 1.74. The van der Waals surface area contributed by atoms with E-state index in [4.69, 9.17) is 4.74 Å². The number of hydrogen-bond acceptors (Lipinski definition) is 4. The SMILES string of the molecule is COC(=O)c1cc(OC)cnc1C. The summed E-state index contributed by atoms with van der Waals surface area (Å²) in [4.78, 5) is 15.2. The van der Waals surface area contributed by atoms with Gasteiger partial charge in [0, 0.05) is 0 Å². The van der Waals surface area contributed by atoms with E-state index in [0.717, 1.165) is 0 Å². The molecule has 0 N–H and O–H groups in total. The largest absolute Gasteiger partial charge is 0.495 e. The predicted octanol–water partition coefficient (Wildman–Crippen LogP) is 1.19. The first-order valence-electron chi connectivity index (χ1n) is 3.78. The first-order valence-corrected chi connectivity index (χ1v) is 3.78. The molecule has 0 aromatic carbocycles. The molecule has 0 aliphatic rings. The van der Waals surface area contributed by atoms with Gasteiger partial charge in [-0.2, -0.15) is 0 Å². The number of ether oxygens (including phenoxy) is 2. The highest BCUT2D eigenvalue weighted by Gasteiger charge is 2.10. The van der Waals surface area contributed by atoms with Crippen LogP contribution in [-0.4, -0.2) is 25.2 Å². The molecule has 0 saturated heterocycles. The van der Waals surface area contributed by atoms with E-state index in [0.29, 0.717) is 17.0 Å². The normalized spacial score (nSPS) is 9.46. The standard InChI is InChI=1S/C9H11NO3/c1-6-8(9(11)13-3)4-7(12-2)5-10-6/h4-5H,1-3H3. The molecule has 4 heteroatoms. The summed E-state index contributed by atoms with van der Waals surface area (Å²) in [5, 5.41) is 0. The van der Waals surface area contributed by atoms with Crippen molar-refractivity contribution in [3.8, 4) is 5.75 Å². The quantitative estimate of drug-likeness (QED) is 0.643. The smallest absolute Gasteiger partial charge is 0.339 e. The van der Waals surface area contributed by atoms with Crippen molar-refractivity contribution < 1.29 is 14.3 Å². The average Bonchev–Trinajstić information content (AvgIpc) is 2.17. The first-order chi connectivity index (χ1) is 6.19. The van der Waals surface area contributed by atoms with E-state index < -0.39 is 5.97 Å². The molecular formula is C9H11NO3. The van der Waals surface area contributed by atoms with E-state index in [-0.39, 0.29) is 0 Å². The number of pyridine rings is 1. The van der Waals surface area contributed by atoms with E-state index in [2.05, 4.69) is 9.72 Å². The van der Waals surface area contributed by atoms with Gasteiger partial charge in [-0.15, -0.1) is 0 Å². The molecule has 0 saturated carbocycles. The lowest BCUT2D eigenvalue weighted by Gasteiger charge is -2.04. The Hall–Kier alpha value is -1.58. The molecule has 1 heterocycles. The van der Waals surface area contributed by atoms with Crippen molar-refractivity contribution in [3.05, 3.63) is 23.5 Å². The van der Waals surface area contributed by atoms with Gasteiger partial charge in [-0.05, 0) is 13.0 Å². The maximum Gasteiger partial charge on any atom is 0.339 e. The van der Waals surface area contributed by atoms with E-state index in [9.17, 15) is 4.79 Å². The van der Waals surface area contributed by atoms with Crippen molar-refractivity contribution in [1.82, 2.24) is 4.98 Å². The molecule has 0 unspecified atom stereocenters. The van der Waals surface area contributed by atoms with Crippen LogP contribution in [-0.2, 0) is 4.74 Å². The minimum atomic E-state index is -0.399. The summed E-state index contributed by atoms with van der Waals surface area (Å²) in [6.07, 6.45) is 1.56. The molecule has 0 fully saturated rings. The second-order valence-electron chi connectivity index (χ2n) is 2.50. The zero-order valence-electron chi connectivity index (χ0n) is 7.83. The van der Waals surface area contributed by atoms with Crippen LogP contribution in [0.4, 0.5) is 0 Å². The van der Waals surface area contributed by atoms with Gasteiger partial charge in [-0.1, -0.05) is 0 Å². The Labute approximate surface area is 76.5 Å². The highest BCUT2D eigenvalue weighted by Crippen LogP contribution is 2.14. The summed E-state index contributed by atoms with van der Waals surface area (Å²) >= 11 is 0. The zero-order chi connectivity index (χ0) is 9.84. The predicted molar refractivity (Wildman–Crippen MR) is 46.9 cm³/mol. The maximum atomic E-state index is 11.2. The number of aryl methyl sites for hydroxylation is 1. The van der Waals surface area contributed by atoms with Gasteiger partial charge in [-0.25, -0.2) is 4.79 Å². The third-order valence-electron chi connectivity index (χ3n) is 1.70. The number of rotatable bonds is 2. The second-order valence-corrected chi connectivity index (χ2v) is 2.50. The van der Waals surface area contributed by atoms with Crippen LogP contribution in [0.2, 0.25) is 0 Å². The number of carbonyl (C=O) groups excluding carboxylic acids is 1. The van der Waals surface area contributed by atoms with Crippen LogP contribution < -0.4 is 4.74 Å². The summed E-state index contributed by atoms with van der Waals surface area (Å²) < 4.78 is 9.52. The minimum Gasteiger partial charge on any atom is -0.495 e. The van der Waals surface area contributed by atoms with E-state index in [1.807, 2.05) is 0 Å². The van der Waals surface area contributed by atoms with Crippen molar-refractivity contribution in [1.29, 1.82) is 0 Å². The zero-order valence-corrected chi connectivity index (χ0v) is 7.83. The number of hydrogen-bond donors (Lipinski definition) is 0. The number of carbonyl (C=O) groups is 1. The lowest BCUT2D eigenvalue weighted by atomic mass is 10.2. The van der Waals surface area contributed by atoms with Crippen molar-refractivity contribution in [2.24, 2.45) is 0 Å². The van der Waals surface area contributed by atoms with Gasteiger partial charge < -0.3 is 9.47 Å². The molecule has 0 amide bonds. The number of nitrogens with zero attached hydrogens (tertiary/aromatic N) is 1. The molecule has 0 aliphatic heterocycles. The van der Waals surface area contributed by atoms with Gasteiger partial charge in [0.25, 0.3) is 0 Å². The van der Waals surface area contributed by atoms with E-state index >= 15 is 0 Å². The number of esters is 1. The van der Waals surface area contributed by atoms with Crippen LogP contribution in [0.5, 0.6) is 5.75 Å². The minimum absolute atomic E-state index is 0.399.